The molecule has 0 aliphatic heterocycles. The third-order valence-corrected chi connectivity index (χ3v) is 3.77. The molecule has 0 aliphatic carbocycles. The number of rotatable bonds is 6. The van der Waals surface area contributed by atoms with Crippen LogP contribution in [0.1, 0.15) is 27.9 Å². The number of phenols is 1. The van der Waals surface area contributed by atoms with Crippen LogP contribution in [0.4, 0.5) is 5.69 Å². The molecule has 5 nitrogen and oxygen atoms in total. The molecule has 2 aromatic carbocycles. The number of carboxylic acids is 1. The summed E-state index contributed by atoms with van der Waals surface area (Å²) in [6.45, 7) is 0. The zero-order valence-corrected chi connectivity index (χ0v) is 13.2. The number of thiol groups is 1. The second-order valence-corrected chi connectivity index (χ2v) is 5.33. The standard InChI is InChI=1S/C17H17NO4S/c19-15-7-5-12(17(21)22)9-14(15)18-16(20)8-6-11-3-1-2-4-13(11)10-23/h1-5,7,9,19,23H,6,8,10H2,(H,18,20)(H,21,22). The summed E-state index contributed by atoms with van der Waals surface area (Å²) in [6.07, 6.45) is 0.767. The molecule has 0 saturated carbocycles. The summed E-state index contributed by atoms with van der Waals surface area (Å²) < 4.78 is 0. The maximum absolute atomic E-state index is 12.0. The Balaban J connectivity index is 2.02. The van der Waals surface area contributed by atoms with E-state index in [0.717, 1.165) is 11.1 Å². The van der Waals surface area contributed by atoms with E-state index >= 15 is 0 Å². The van der Waals surface area contributed by atoms with Crippen molar-refractivity contribution >= 4 is 30.2 Å². The van der Waals surface area contributed by atoms with Crippen LogP contribution in [0.5, 0.6) is 5.75 Å². The molecule has 2 rings (SSSR count). The van der Waals surface area contributed by atoms with Gasteiger partial charge in [0.05, 0.1) is 11.3 Å². The lowest BCUT2D eigenvalue weighted by atomic mass is 10.0. The van der Waals surface area contributed by atoms with Crippen LogP contribution in [0, 0.1) is 0 Å². The Morgan fingerprint density at radius 2 is 1.78 bits per heavy atom. The van der Waals surface area contributed by atoms with Crippen LogP contribution < -0.4 is 5.32 Å². The van der Waals surface area contributed by atoms with Gasteiger partial charge in [0.25, 0.3) is 0 Å². The topological polar surface area (TPSA) is 86.6 Å². The number of hydrogen-bond acceptors (Lipinski definition) is 4. The number of aromatic hydroxyl groups is 1. The molecule has 120 valence electrons. The number of aromatic carboxylic acids is 1. The fraction of sp³-hybridized carbons (Fsp3) is 0.176. The normalized spacial score (nSPS) is 10.3. The highest BCUT2D eigenvalue weighted by atomic mass is 32.1. The molecule has 1 amide bonds. The number of phenolic OH excluding ortho intramolecular Hbond substituents is 1. The number of hydrogen-bond donors (Lipinski definition) is 4. The summed E-state index contributed by atoms with van der Waals surface area (Å²) in [5.74, 6) is -0.988. The molecule has 0 heterocycles. The third-order valence-electron chi connectivity index (χ3n) is 3.43. The first-order valence-corrected chi connectivity index (χ1v) is 7.68. The van der Waals surface area contributed by atoms with Crippen LogP contribution in [-0.2, 0) is 17.0 Å². The molecular weight excluding hydrogens is 314 g/mol. The fourth-order valence-electron chi connectivity index (χ4n) is 2.19. The fourth-order valence-corrected chi connectivity index (χ4v) is 2.49. The van der Waals surface area contributed by atoms with Crippen molar-refractivity contribution in [2.75, 3.05) is 5.32 Å². The quantitative estimate of drug-likeness (QED) is 0.484. The zero-order chi connectivity index (χ0) is 16.8. The number of amides is 1. The van der Waals surface area contributed by atoms with Gasteiger partial charge in [-0.25, -0.2) is 4.79 Å². The van der Waals surface area contributed by atoms with Crippen LogP contribution in [0.2, 0.25) is 0 Å². The molecule has 2 aromatic rings. The first kappa shape index (κ1) is 16.9. The number of nitrogens with one attached hydrogen (secondary N) is 1. The number of carboxylic acid groups (broad SMARTS) is 1. The highest BCUT2D eigenvalue weighted by Crippen LogP contribution is 2.24. The summed E-state index contributed by atoms with van der Waals surface area (Å²) in [7, 11) is 0. The van der Waals surface area contributed by atoms with E-state index in [0.29, 0.717) is 12.2 Å². The van der Waals surface area contributed by atoms with Gasteiger partial charge in [-0.2, -0.15) is 12.6 Å². The Labute approximate surface area is 139 Å². The molecule has 0 unspecified atom stereocenters. The number of benzene rings is 2. The van der Waals surface area contributed by atoms with E-state index in [1.54, 1.807) is 0 Å². The van der Waals surface area contributed by atoms with E-state index in [1.807, 2.05) is 24.3 Å². The molecule has 6 heteroatoms. The molecule has 0 aromatic heterocycles. The van der Waals surface area contributed by atoms with Gasteiger partial charge >= 0.3 is 5.97 Å². The molecule has 23 heavy (non-hydrogen) atoms. The lowest BCUT2D eigenvalue weighted by Crippen LogP contribution is -2.13. The van der Waals surface area contributed by atoms with Crippen LogP contribution in [0.25, 0.3) is 0 Å². The van der Waals surface area contributed by atoms with Gasteiger partial charge in [0.2, 0.25) is 5.91 Å². The van der Waals surface area contributed by atoms with Crippen molar-refractivity contribution in [3.63, 3.8) is 0 Å². The van der Waals surface area contributed by atoms with Crippen molar-refractivity contribution in [3.05, 3.63) is 59.2 Å². The van der Waals surface area contributed by atoms with E-state index in [4.69, 9.17) is 5.11 Å². The first-order valence-electron chi connectivity index (χ1n) is 7.05. The predicted molar refractivity (Wildman–Crippen MR) is 91.1 cm³/mol. The van der Waals surface area contributed by atoms with Gasteiger partial charge in [-0.1, -0.05) is 24.3 Å². The maximum atomic E-state index is 12.0. The Morgan fingerprint density at radius 1 is 1.09 bits per heavy atom. The van der Waals surface area contributed by atoms with E-state index in [1.165, 1.54) is 18.2 Å². The predicted octanol–water partition coefficient (Wildman–Crippen LogP) is 3.09. The Bertz CT molecular complexity index is 730. The van der Waals surface area contributed by atoms with Gasteiger partial charge in [0.1, 0.15) is 5.75 Å². The van der Waals surface area contributed by atoms with Gasteiger partial charge in [-0.15, -0.1) is 0 Å². The third kappa shape index (κ3) is 4.50. The minimum Gasteiger partial charge on any atom is -0.506 e. The smallest absolute Gasteiger partial charge is 0.335 e. The van der Waals surface area contributed by atoms with Crippen LogP contribution >= 0.6 is 12.6 Å². The minimum atomic E-state index is -1.12. The monoisotopic (exact) mass is 331 g/mol. The van der Waals surface area contributed by atoms with E-state index < -0.39 is 5.97 Å². The molecule has 0 radical (unpaired) electrons. The molecule has 0 aliphatic rings. The second-order valence-electron chi connectivity index (χ2n) is 5.01. The molecule has 0 fully saturated rings. The van der Waals surface area contributed by atoms with Gasteiger partial charge < -0.3 is 15.5 Å². The molecular formula is C17H17NO4S. The van der Waals surface area contributed by atoms with Gasteiger partial charge in [0, 0.05) is 12.2 Å². The number of anilines is 1. The summed E-state index contributed by atoms with van der Waals surface area (Å²) in [5.41, 5.74) is 2.21. The van der Waals surface area contributed by atoms with Crippen LogP contribution in [0.3, 0.4) is 0 Å². The summed E-state index contributed by atoms with van der Waals surface area (Å²) in [5, 5.41) is 21.2. The lowest BCUT2D eigenvalue weighted by Gasteiger charge is -2.10. The molecule has 3 N–H and O–H groups in total. The first-order chi connectivity index (χ1) is 11.0. The van der Waals surface area contributed by atoms with Crippen molar-refractivity contribution in [2.45, 2.75) is 18.6 Å². The Kier molecular flexibility index (Phi) is 5.65. The number of aryl methyl sites for hydroxylation is 1. The van der Waals surface area contributed by atoms with E-state index in [-0.39, 0.29) is 29.3 Å². The Morgan fingerprint density at radius 3 is 2.43 bits per heavy atom. The minimum absolute atomic E-state index is 0.00137. The van der Waals surface area contributed by atoms with Crippen molar-refractivity contribution in [1.29, 1.82) is 0 Å². The van der Waals surface area contributed by atoms with Gasteiger partial charge in [0.15, 0.2) is 0 Å². The zero-order valence-electron chi connectivity index (χ0n) is 12.3. The number of carbonyl (C=O) groups excluding carboxylic acids is 1. The maximum Gasteiger partial charge on any atom is 0.335 e. The van der Waals surface area contributed by atoms with Crippen molar-refractivity contribution in [2.24, 2.45) is 0 Å². The van der Waals surface area contributed by atoms with Crippen molar-refractivity contribution < 1.29 is 19.8 Å². The molecule has 0 spiro atoms. The average molecular weight is 331 g/mol. The molecule has 0 saturated heterocycles. The summed E-state index contributed by atoms with van der Waals surface area (Å²) in [4.78, 5) is 23.0. The summed E-state index contributed by atoms with van der Waals surface area (Å²) >= 11 is 4.26. The molecule has 0 bridgehead atoms. The van der Waals surface area contributed by atoms with Gasteiger partial charge in [-0.05, 0) is 35.7 Å². The second kappa shape index (κ2) is 7.69. The highest BCUT2D eigenvalue weighted by Gasteiger charge is 2.11. The number of carbonyl (C=O) groups is 2. The van der Waals surface area contributed by atoms with Gasteiger partial charge in [-0.3, -0.25) is 4.79 Å². The SMILES string of the molecule is O=C(CCc1ccccc1CS)Nc1cc(C(=O)O)ccc1O. The summed E-state index contributed by atoms with van der Waals surface area (Å²) in [6, 6.07) is 11.5. The highest BCUT2D eigenvalue weighted by molar-refractivity contribution is 7.79. The van der Waals surface area contributed by atoms with Crippen molar-refractivity contribution in [3.8, 4) is 5.75 Å². The Hall–Kier alpha value is -2.47. The van der Waals surface area contributed by atoms with Crippen LogP contribution in [-0.4, -0.2) is 22.1 Å². The lowest BCUT2D eigenvalue weighted by molar-refractivity contribution is -0.116. The largest absolute Gasteiger partial charge is 0.506 e. The van der Waals surface area contributed by atoms with E-state index in [9.17, 15) is 14.7 Å². The average Bonchev–Trinajstić information content (AvgIpc) is 2.55. The van der Waals surface area contributed by atoms with Crippen LogP contribution in [0.15, 0.2) is 42.5 Å². The van der Waals surface area contributed by atoms with E-state index in [2.05, 4.69) is 17.9 Å². The van der Waals surface area contributed by atoms with Crippen molar-refractivity contribution in [1.82, 2.24) is 0 Å². The molecule has 0 atom stereocenters.